The fourth-order valence-corrected chi connectivity index (χ4v) is 2.93. The molecule has 0 unspecified atom stereocenters. The summed E-state index contributed by atoms with van der Waals surface area (Å²) in [6, 6.07) is 0.799. The number of nitrogens with one attached hydrogen (secondary N) is 1. The van der Waals surface area contributed by atoms with Crippen molar-refractivity contribution in [1.29, 1.82) is 0 Å². The third kappa shape index (κ3) is 16.8. The fraction of sp³-hybridized carbons (Fsp3) is 0.955. The van der Waals surface area contributed by atoms with Gasteiger partial charge in [-0.3, -0.25) is 0 Å². The van der Waals surface area contributed by atoms with Gasteiger partial charge >= 0.3 is 0 Å². The minimum absolute atomic E-state index is 0.138. The van der Waals surface area contributed by atoms with Crippen LogP contribution in [0.1, 0.15) is 107 Å². The van der Waals surface area contributed by atoms with Gasteiger partial charge in [0.25, 0.3) is 0 Å². The Hall–Kier alpha value is -0.410. The maximum absolute atomic E-state index is 10.2. The number of aliphatic hydroxyl groups excluding tert-OH is 1. The standard InChI is InChI=1S/C9H19N.C7H12O2.3C2H6/c1-9(2)6-4-8(10-3)5-7-9;8-5-6-1-3-7(9)4-2-6;3*1-2/h8,10H,4-7H2,1-3H3;5-7,9H,1-4H2;3*1-2H3. The van der Waals surface area contributed by atoms with Gasteiger partial charge in [0.05, 0.1) is 6.10 Å². The second kappa shape index (κ2) is 19.9. The molecule has 25 heavy (non-hydrogen) atoms. The van der Waals surface area contributed by atoms with Crippen LogP contribution in [0.15, 0.2) is 0 Å². The lowest BCUT2D eigenvalue weighted by Crippen LogP contribution is -2.33. The van der Waals surface area contributed by atoms with Crippen molar-refractivity contribution in [3.05, 3.63) is 0 Å². The minimum atomic E-state index is -0.138. The Morgan fingerprint density at radius 2 is 1.24 bits per heavy atom. The number of aliphatic hydroxyl groups is 1. The van der Waals surface area contributed by atoms with Crippen molar-refractivity contribution < 1.29 is 9.90 Å². The molecule has 2 aliphatic rings. The summed E-state index contributed by atoms with van der Waals surface area (Å²) in [6.07, 6.45) is 9.75. The Kier molecular flexibility index (Phi) is 23.4. The first kappa shape index (κ1) is 29.4. The lowest BCUT2D eigenvalue weighted by atomic mass is 9.76. The predicted molar refractivity (Wildman–Crippen MR) is 113 cm³/mol. The third-order valence-electron chi connectivity index (χ3n) is 4.68. The van der Waals surface area contributed by atoms with E-state index in [9.17, 15) is 4.79 Å². The molecule has 2 N–H and O–H groups in total. The fourth-order valence-electron chi connectivity index (χ4n) is 2.93. The smallest absolute Gasteiger partial charge is 0.123 e. The van der Waals surface area contributed by atoms with Gasteiger partial charge in [-0.25, -0.2) is 0 Å². The Bertz CT molecular complexity index is 249. The van der Waals surface area contributed by atoms with Gasteiger partial charge in [-0.15, -0.1) is 0 Å². The summed E-state index contributed by atoms with van der Waals surface area (Å²) in [7, 11) is 2.07. The van der Waals surface area contributed by atoms with E-state index in [-0.39, 0.29) is 12.0 Å². The lowest BCUT2D eigenvalue weighted by molar-refractivity contribution is -0.112. The quantitative estimate of drug-likeness (QED) is 0.595. The Morgan fingerprint density at radius 3 is 1.56 bits per heavy atom. The highest BCUT2D eigenvalue weighted by Gasteiger charge is 2.25. The first-order valence-electron chi connectivity index (χ1n) is 10.8. The van der Waals surface area contributed by atoms with E-state index in [0.29, 0.717) is 5.41 Å². The molecule has 0 aliphatic heterocycles. The van der Waals surface area contributed by atoms with Crippen LogP contribution in [0.4, 0.5) is 0 Å². The molecule has 0 atom stereocenters. The van der Waals surface area contributed by atoms with Crippen LogP contribution in [-0.2, 0) is 4.79 Å². The average molecular weight is 360 g/mol. The maximum Gasteiger partial charge on any atom is 0.123 e. The molecule has 3 heteroatoms. The van der Waals surface area contributed by atoms with Crippen LogP contribution in [-0.4, -0.2) is 30.6 Å². The van der Waals surface area contributed by atoms with Gasteiger partial charge in [-0.05, 0) is 63.8 Å². The molecular formula is C22H49NO2. The van der Waals surface area contributed by atoms with Crippen LogP contribution < -0.4 is 5.32 Å². The molecule has 0 heterocycles. The second-order valence-electron chi connectivity index (χ2n) is 6.93. The van der Waals surface area contributed by atoms with E-state index in [1.165, 1.54) is 25.7 Å². The molecule has 3 nitrogen and oxygen atoms in total. The van der Waals surface area contributed by atoms with Crippen LogP contribution in [0, 0.1) is 11.3 Å². The molecule has 154 valence electrons. The minimum Gasteiger partial charge on any atom is -0.393 e. The van der Waals surface area contributed by atoms with Gasteiger partial charge in [0.2, 0.25) is 0 Å². The van der Waals surface area contributed by atoms with Crippen molar-refractivity contribution in [2.45, 2.75) is 119 Å². The molecule has 0 spiro atoms. The molecule has 0 aromatic rings. The predicted octanol–water partition coefficient (Wildman–Crippen LogP) is 5.99. The van der Waals surface area contributed by atoms with Crippen LogP contribution in [0.5, 0.6) is 0 Å². The van der Waals surface area contributed by atoms with Crippen LogP contribution >= 0.6 is 0 Å². The summed E-state index contributed by atoms with van der Waals surface area (Å²) in [5.74, 6) is 0.230. The number of aldehydes is 1. The monoisotopic (exact) mass is 359 g/mol. The van der Waals surface area contributed by atoms with Crippen molar-refractivity contribution >= 4 is 6.29 Å². The molecule has 2 fully saturated rings. The van der Waals surface area contributed by atoms with Crippen molar-refractivity contribution in [2.24, 2.45) is 11.3 Å². The summed E-state index contributed by atoms with van der Waals surface area (Å²) < 4.78 is 0. The van der Waals surface area contributed by atoms with Gasteiger partial charge in [0, 0.05) is 12.0 Å². The van der Waals surface area contributed by atoms with E-state index in [1.54, 1.807) is 0 Å². The molecule has 0 aromatic heterocycles. The molecular weight excluding hydrogens is 310 g/mol. The Labute approximate surface area is 159 Å². The van der Waals surface area contributed by atoms with Crippen molar-refractivity contribution in [2.75, 3.05) is 7.05 Å². The van der Waals surface area contributed by atoms with Gasteiger partial charge < -0.3 is 15.2 Å². The van der Waals surface area contributed by atoms with Crippen molar-refractivity contribution in [3.8, 4) is 0 Å². The van der Waals surface area contributed by atoms with Gasteiger partial charge in [0.15, 0.2) is 0 Å². The SMILES string of the molecule is CC.CC.CC.CNC1CCC(C)(C)CC1.O=CC1CCC(O)CC1. The summed E-state index contributed by atoms with van der Waals surface area (Å²) in [5, 5.41) is 12.3. The van der Waals surface area contributed by atoms with E-state index < -0.39 is 0 Å². The zero-order valence-electron chi connectivity index (χ0n) is 18.8. The number of carbonyl (C=O) groups excluding carboxylic acids is 1. The lowest BCUT2D eigenvalue weighted by Gasteiger charge is -2.33. The molecule has 0 amide bonds. The van der Waals surface area contributed by atoms with Gasteiger partial charge in [-0.1, -0.05) is 55.4 Å². The van der Waals surface area contributed by atoms with E-state index in [1.807, 2.05) is 41.5 Å². The Morgan fingerprint density at radius 1 is 0.840 bits per heavy atom. The van der Waals surface area contributed by atoms with Gasteiger partial charge in [-0.2, -0.15) is 0 Å². The zero-order valence-corrected chi connectivity index (χ0v) is 18.8. The average Bonchev–Trinajstić information content (AvgIpc) is 2.68. The van der Waals surface area contributed by atoms with Crippen LogP contribution in [0.2, 0.25) is 0 Å². The third-order valence-corrected chi connectivity index (χ3v) is 4.68. The molecule has 2 saturated carbocycles. The second-order valence-corrected chi connectivity index (χ2v) is 6.93. The van der Waals surface area contributed by atoms with Crippen molar-refractivity contribution in [3.63, 3.8) is 0 Å². The largest absolute Gasteiger partial charge is 0.393 e. The molecule has 0 aromatic carbocycles. The Balaban J connectivity index is -0.000000299. The normalized spacial score (nSPS) is 24.4. The first-order chi connectivity index (χ1) is 12.0. The van der Waals surface area contributed by atoms with E-state index in [4.69, 9.17) is 5.11 Å². The van der Waals surface area contributed by atoms with E-state index in [2.05, 4.69) is 26.2 Å². The molecule has 2 rings (SSSR count). The number of carbonyl (C=O) groups is 1. The summed E-state index contributed by atoms with van der Waals surface area (Å²) in [6.45, 7) is 16.7. The maximum atomic E-state index is 10.2. The highest BCUT2D eigenvalue weighted by atomic mass is 16.3. The highest BCUT2D eigenvalue weighted by molar-refractivity contribution is 5.53. The number of hydrogen-bond donors (Lipinski definition) is 2. The van der Waals surface area contributed by atoms with Gasteiger partial charge in [0.1, 0.15) is 6.29 Å². The molecule has 0 radical (unpaired) electrons. The number of hydrogen-bond acceptors (Lipinski definition) is 3. The van der Waals surface area contributed by atoms with E-state index >= 15 is 0 Å². The molecule has 0 bridgehead atoms. The molecule has 2 aliphatic carbocycles. The van der Waals surface area contributed by atoms with Crippen LogP contribution in [0.3, 0.4) is 0 Å². The van der Waals surface area contributed by atoms with E-state index in [0.717, 1.165) is 38.0 Å². The van der Waals surface area contributed by atoms with Crippen LogP contribution in [0.25, 0.3) is 0 Å². The summed E-state index contributed by atoms with van der Waals surface area (Å²) in [4.78, 5) is 10.2. The summed E-state index contributed by atoms with van der Waals surface area (Å²) >= 11 is 0. The highest BCUT2D eigenvalue weighted by Crippen LogP contribution is 2.34. The number of rotatable bonds is 2. The molecule has 0 saturated heterocycles. The first-order valence-corrected chi connectivity index (χ1v) is 10.8. The topological polar surface area (TPSA) is 49.3 Å². The summed E-state index contributed by atoms with van der Waals surface area (Å²) in [5.41, 5.74) is 0.618. The zero-order chi connectivity index (χ0) is 20.3. The van der Waals surface area contributed by atoms with Crippen molar-refractivity contribution in [1.82, 2.24) is 5.32 Å².